The van der Waals surface area contributed by atoms with Gasteiger partial charge in [-0.25, -0.2) is 0 Å². The second-order valence-corrected chi connectivity index (χ2v) is 6.95. The molecule has 0 atom stereocenters. The van der Waals surface area contributed by atoms with Gasteiger partial charge in [0.25, 0.3) is 0 Å². The van der Waals surface area contributed by atoms with Crippen molar-refractivity contribution in [1.29, 1.82) is 0 Å². The fraction of sp³-hybridized carbons (Fsp3) is 0.391. The van der Waals surface area contributed by atoms with Gasteiger partial charge >= 0.3 is 0 Å². The Morgan fingerprint density at radius 2 is 1.07 bits per heavy atom. The summed E-state index contributed by atoms with van der Waals surface area (Å²) in [5.41, 5.74) is 2.90. The zero-order valence-electron chi connectivity index (χ0n) is 16.2. The van der Waals surface area contributed by atoms with Crippen LogP contribution in [0.15, 0.2) is 54.6 Å². The summed E-state index contributed by atoms with van der Waals surface area (Å²) < 4.78 is 0. The van der Waals surface area contributed by atoms with Crippen LogP contribution in [0.3, 0.4) is 0 Å². The number of amides is 2. The second-order valence-electron chi connectivity index (χ2n) is 6.95. The average molecular weight is 367 g/mol. The van der Waals surface area contributed by atoms with Gasteiger partial charge in [-0.05, 0) is 44.0 Å². The Balaban J connectivity index is 1.44. The monoisotopic (exact) mass is 366 g/mol. The molecule has 4 nitrogen and oxygen atoms in total. The van der Waals surface area contributed by atoms with Crippen molar-refractivity contribution in [1.82, 2.24) is 0 Å². The van der Waals surface area contributed by atoms with E-state index in [-0.39, 0.29) is 11.8 Å². The fourth-order valence-electron chi connectivity index (χ4n) is 2.88. The number of benzene rings is 2. The lowest BCUT2D eigenvalue weighted by Crippen LogP contribution is -2.11. The first-order valence-electron chi connectivity index (χ1n) is 9.85. The molecule has 0 saturated carbocycles. The van der Waals surface area contributed by atoms with Gasteiger partial charge in [-0.1, -0.05) is 61.6 Å². The van der Waals surface area contributed by atoms with Crippen LogP contribution in [0, 0.1) is 6.92 Å². The topological polar surface area (TPSA) is 58.2 Å². The Kier molecular flexibility index (Phi) is 9.11. The molecule has 0 aliphatic heterocycles. The summed E-state index contributed by atoms with van der Waals surface area (Å²) in [4.78, 5) is 23.7. The zero-order chi connectivity index (χ0) is 19.3. The lowest BCUT2D eigenvalue weighted by Gasteiger charge is -2.06. The Bertz CT molecular complexity index is 696. The Hall–Kier alpha value is -2.62. The first kappa shape index (κ1) is 20.7. The summed E-state index contributed by atoms with van der Waals surface area (Å²) in [6.45, 7) is 2.03. The van der Waals surface area contributed by atoms with E-state index in [9.17, 15) is 9.59 Å². The molecule has 2 amide bonds. The molecule has 2 aromatic rings. The number of carbonyl (C=O) groups excluding carboxylic acids is 2. The van der Waals surface area contributed by atoms with Crippen molar-refractivity contribution < 1.29 is 9.59 Å². The molecule has 0 aliphatic rings. The van der Waals surface area contributed by atoms with Crippen molar-refractivity contribution in [3.05, 3.63) is 60.2 Å². The molecule has 0 bridgehead atoms. The minimum atomic E-state index is 0.0778. The molecule has 0 aliphatic carbocycles. The van der Waals surface area contributed by atoms with Gasteiger partial charge in [0, 0.05) is 24.2 Å². The van der Waals surface area contributed by atoms with Crippen LogP contribution in [0.1, 0.15) is 56.9 Å². The maximum Gasteiger partial charge on any atom is 0.224 e. The summed E-state index contributed by atoms with van der Waals surface area (Å²) in [6, 6.07) is 17.4. The van der Waals surface area contributed by atoms with Crippen molar-refractivity contribution in [3.8, 4) is 0 Å². The lowest BCUT2D eigenvalue weighted by atomic mass is 10.1. The highest BCUT2D eigenvalue weighted by Gasteiger charge is 2.03. The highest BCUT2D eigenvalue weighted by Crippen LogP contribution is 2.12. The predicted octanol–water partition coefficient (Wildman–Crippen LogP) is 5.69. The molecule has 0 unspecified atom stereocenters. The van der Waals surface area contributed by atoms with Gasteiger partial charge in [0.05, 0.1) is 0 Å². The number of anilines is 2. The van der Waals surface area contributed by atoms with Crippen molar-refractivity contribution in [2.75, 3.05) is 10.6 Å². The van der Waals surface area contributed by atoms with Crippen molar-refractivity contribution >= 4 is 23.2 Å². The number of nitrogens with one attached hydrogen (secondary N) is 2. The fourth-order valence-corrected chi connectivity index (χ4v) is 2.88. The van der Waals surface area contributed by atoms with E-state index < -0.39 is 0 Å². The molecule has 0 radical (unpaired) electrons. The van der Waals surface area contributed by atoms with Crippen LogP contribution in [0.2, 0.25) is 0 Å². The van der Waals surface area contributed by atoms with Gasteiger partial charge in [-0.3, -0.25) is 9.59 Å². The summed E-state index contributed by atoms with van der Waals surface area (Å²) in [5.74, 6) is 0.158. The first-order valence-corrected chi connectivity index (χ1v) is 9.85. The molecule has 2 aromatic carbocycles. The van der Waals surface area contributed by atoms with E-state index >= 15 is 0 Å². The molecule has 4 heteroatoms. The molecule has 0 aromatic heterocycles. The van der Waals surface area contributed by atoms with Crippen LogP contribution in [0.25, 0.3) is 0 Å². The number of para-hydroxylation sites is 1. The van der Waals surface area contributed by atoms with E-state index in [2.05, 4.69) is 10.6 Å². The third-order valence-corrected chi connectivity index (χ3v) is 4.45. The SMILES string of the molecule is Cc1ccc(NC(=O)CCCCCCCCC(=O)Nc2ccccc2)cc1. The zero-order valence-corrected chi connectivity index (χ0v) is 16.2. The quantitative estimate of drug-likeness (QED) is 0.502. The number of unbranched alkanes of at least 4 members (excludes halogenated alkanes) is 5. The van der Waals surface area contributed by atoms with Crippen LogP contribution >= 0.6 is 0 Å². The second kappa shape index (κ2) is 11.9. The number of hydrogen-bond donors (Lipinski definition) is 2. The van der Waals surface area contributed by atoms with Crippen molar-refractivity contribution in [3.63, 3.8) is 0 Å². The van der Waals surface area contributed by atoms with Gasteiger partial charge in [0.15, 0.2) is 0 Å². The maximum absolute atomic E-state index is 11.9. The number of aryl methyl sites for hydroxylation is 1. The molecule has 0 saturated heterocycles. The molecule has 0 spiro atoms. The largest absolute Gasteiger partial charge is 0.326 e. The summed E-state index contributed by atoms with van der Waals surface area (Å²) >= 11 is 0. The number of rotatable bonds is 11. The van der Waals surface area contributed by atoms with Crippen LogP contribution in [-0.4, -0.2) is 11.8 Å². The summed E-state index contributed by atoms with van der Waals surface area (Å²) in [7, 11) is 0. The van der Waals surface area contributed by atoms with Gasteiger partial charge < -0.3 is 10.6 Å². The molecule has 27 heavy (non-hydrogen) atoms. The van der Waals surface area contributed by atoms with E-state index in [1.165, 1.54) is 5.56 Å². The van der Waals surface area contributed by atoms with Crippen LogP contribution in [0.5, 0.6) is 0 Å². The van der Waals surface area contributed by atoms with Gasteiger partial charge in [0.2, 0.25) is 11.8 Å². The normalized spacial score (nSPS) is 10.4. The van der Waals surface area contributed by atoms with Crippen LogP contribution in [-0.2, 0) is 9.59 Å². The maximum atomic E-state index is 11.9. The lowest BCUT2D eigenvalue weighted by molar-refractivity contribution is -0.117. The Morgan fingerprint density at radius 1 is 0.630 bits per heavy atom. The standard InChI is InChI=1S/C23H30N2O2/c1-19-15-17-21(18-16-19)25-23(27)14-10-5-3-2-4-9-13-22(26)24-20-11-7-6-8-12-20/h6-8,11-12,15-18H,2-5,9-10,13-14H2,1H3,(H,24,26)(H,25,27). The van der Waals surface area contributed by atoms with E-state index in [4.69, 9.17) is 0 Å². The highest BCUT2D eigenvalue weighted by atomic mass is 16.2. The number of hydrogen-bond acceptors (Lipinski definition) is 2. The minimum absolute atomic E-state index is 0.0778. The average Bonchev–Trinajstić information content (AvgIpc) is 2.66. The molecule has 144 valence electrons. The van der Waals surface area contributed by atoms with Gasteiger partial charge in [-0.2, -0.15) is 0 Å². The third kappa shape index (κ3) is 9.04. The smallest absolute Gasteiger partial charge is 0.224 e. The van der Waals surface area contributed by atoms with E-state index in [0.717, 1.165) is 49.9 Å². The van der Waals surface area contributed by atoms with Gasteiger partial charge in [0.1, 0.15) is 0 Å². The van der Waals surface area contributed by atoms with E-state index in [1.54, 1.807) is 0 Å². The molecular weight excluding hydrogens is 336 g/mol. The molecule has 0 heterocycles. The summed E-state index contributed by atoms with van der Waals surface area (Å²) in [5, 5.41) is 5.83. The summed E-state index contributed by atoms with van der Waals surface area (Å²) in [6.07, 6.45) is 7.27. The van der Waals surface area contributed by atoms with Crippen LogP contribution < -0.4 is 10.6 Å². The molecule has 2 N–H and O–H groups in total. The highest BCUT2D eigenvalue weighted by molar-refractivity contribution is 5.91. The van der Waals surface area contributed by atoms with E-state index in [0.29, 0.717) is 12.8 Å². The Morgan fingerprint density at radius 3 is 1.59 bits per heavy atom. The Labute approximate surface area is 162 Å². The van der Waals surface area contributed by atoms with Crippen molar-refractivity contribution in [2.45, 2.75) is 58.3 Å². The van der Waals surface area contributed by atoms with Crippen molar-refractivity contribution in [2.24, 2.45) is 0 Å². The first-order chi connectivity index (χ1) is 13.1. The van der Waals surface area contributed by atoms with Crippen LogP contribution in [0.4, 0.5) is 11.4 Å². The minimum Gasteiger partial charge on any atom is -0.326 e. The molecular formula is C23H30N2O2. The van der Waals surface area contributed by atoms with E-state index in [1.807, 2.05) is 61.5 Å². The molecule has 0 fully saturated rings. The predicted molar refractivity (Wildman–Crippen MR) is 112 cm³/mol. The third-order valence-electron chi connectivity index (χ3n) is 4.45. The van der Waals surface area contributed by atoms with Gasteiger partial charge in [-0.15, -0.1) is 0 Å². The molecule has 2 rings (SSSR count). The number of carbonyl (C=O) groups is 2.